The van der Waals surface area contributed by atoms with Crippen LogP contribution >= 0.6 is 15.9 Å². The molecule has 2 aromatic rings. The van der Waals surface area contributed by atoms with Crippen LogP contribution in [-0.4, -0.2) is 4.98 Å². The van der Waals surface area contributed by atoms with Crippen molar-refractivity contribution in [1.29, 1.82) is 0 Å². The SMILES string of the molecule is Cc1c(CBr)c2ccc(F)c(F)c2[nH]c1=O. The molecule has 0 bridgehead atoms. The zero-order valence-corrected chi connectivity index (χ0v) is 9.99. The highest BCUT2D eigenvalue weighted by molar-refractivity contribution is 9.08. The summed E-state index contributed by atoms with van der Waals surface area (Å²) in [5.74, 6) is -1.98. The van der Waals surface area contributed by atoms with Crippen molar-refractivity contribution in [2.24, 2.45) is 0 Å². The van der Waals surface area contributed by atoms with Crippen molar-refractivity contribution < 1.29 is 8.78 Å². The first-order valence-corrected chi connectivity index (χ1v) is 5.74. The van der Waals surface area contributed by atoms with E-state index < -0.39 is 17.2 Å². The Kier molecular flexibility index (Phi) is 2.80. The molecule has 0 atom stereocenters. The summed E-state index contributed by atoms with van der Waals surface area (Å²) in [4.78, 5) is 13.9. The molecule has 0 saturated heterocycles. The van der Waals surface area contributed by atoms with Gasteiger partial charge in [0.2, 0.25) is 0 Å². The minimum Gasteiger partial charge on any atom is -0.319 e. The molecule has 0 radical (unpaired) electrons. The van der Waals surface area contributed by atoms with Crippen molar-refractivity contribution in [1.82, 2.24) is 4.98 Å². The highest BCUT2D eigenvalue weighted by atomic mass is 79.9. The number of aromatic nitrogens is 1. The maximum atomic E-state index is 13.5. The number of hydrogen-bond acceptors (Lipinski definition) is 1. The molecule has 1 N–H and O–H groups in total. The number of H-pyrrole nitrogens is 1. The average Bonchev–Trinajstić information content (AvgIpc) is 2.27. The molecule has 0 aliphatic rings. The number of hydrogen-bond donors (Lipinski definition) is 1. The van der Waals surface area contributed by atoms with Gasteiger partial charge in [0, 0.05) is 16.3 Å². The van der Waals surface area contributed by atoms with Crippen LogP contribution in [0.3, 0.4) is 0 Å². The Morgan fingerprint density at radius 1 is 1.38 bits per heavy atom. The Balaban J connectivity index is 3.02. The monoisotopic (exact) mass is 287 g/mol. The van der Waals surface area contributed by atoms with Crippen LogP contribution in [0.2, 0.25) is 0 Å². The number of rotatable bonds is 1. The third-order valence-electron chi connectivity index (χ3n) is 2.59. The van der Waals surface area contributed by atoms with Gasteiger partial charge in [-0.25, -0.2) is 8.78 Å². The number of fused-ring (bicyclic) bond motifs is 1. The fourth-order valence-electron chi connectivity index (χ4n) is 1.64. The largest absolute Gasteiger partial charge is 0.319 e. The molecule has 5 heteroatoms. The highest BCUT2D eigenvalue weighted by Crippen LogP contribution is 2.23. The Morgan fingerprint density at radius 2 is 2.06 bits per heavy atom. The molecule has 0 amide bonds. The molecule has 0 spiro atoms. The molecular formula is C11H8BrF2NO. The summed E-state index contributed by atoms with van der Waals surface area (Å²) in [5, 5.41) is 0.942. The summed E-state index contributed by atoms with van der Waals surface area (Å²) in [6.45, 7) is 1.65. The van der Waals surface area contributed by atoms with Crippen molar-refractivity contribution in [3.8, 4) is 0 Å². The number of aromatic amines is 1. The minimum absolute atomic E-state index is 0.0787. The quantitative estimate of drug-likeness (QED) is 0.804. The van der Waals surface area contributed by atoms with Crippen LogP contribution in [0.5, 0.6) is 0 Å². The second-order valence-corrected chi connectivity index (χ2v) is 4.04. The van der Waals surface area contributed by atoms with Gasteiger partial charge in [-0.1, -0.05) is 15.9 Å². The second kappa shape index (κ2) is 3.97. The minimum atomic E-state index is -1.02. The summed E-state index contributed by atoms with van der Waals surface area (Å²) < 4.78 is 26.5. The Labute approximate surface area is 98.4 Å². The Bertz CT molecular complexity index is 621. The van der Waals surface area contributed by atoms with E-state index in [4.69, 9.17) is 0 Å². The predicted octanol–water partition coefficient (Wildman–Crippen LogP) is 3.01. The molecule has 16 heavy (non-hydrogen) atoms. The van der Waals surface area contributed by atoms with E-state index in [1.165, 1.54) is 6.07 Å². The molecule has 84 valence electrons. The summed E-state index contributed by atoms with van der Waals surface area (Å²) in [6, 6.07) is 2.52. The van der Waals surface area contributed by atoms with Gasteiger partial charge in [0.05, 0.1) is 5.52 Å². The van der Waals surface area contributed by atoms with E-state index in [0.29, 0.717) is 21.8 Å². The van der Waals surface area contributed by atoms with Crippen molar-refractivity contribution in [3.63, 3.8) is 0 Å². The van der Waals surface area contributed by atoms with E-state index in [0.717, 1.165) is 6.07 Å². The van der Waals surface area contributed by atoms with Gasteiger partial charge in [-0.2, -0.15) is 0 Å². The van der Waals surface area contributed by atoms with Crippen LogP contribution in [0.1, 0.15) is 11.1 Å². The normalized spacial score (nSPS) is 11.0. The van der Waals surface area contributed by atoms with E-state index >= 15 is 0 Å². The van der Waals surface area contributed by atoms with E-state index in [9.17, 15) is 13.6 Å². The van der Waals surface area contributed by atoms with Gasteiger partial charge in [0.1, 0.15) is 0 Å². The van der Waals surface area contributed by atoms with Crippen molar-refractivity contribution in [2.75, 3.05) is 0 Å². The Hall–Kier alpha value is -1.23. The van der Waals surface area contributed by atoms with Gasteiger partial charge >= 0.3 is 0 Å². The fraction of sp³-hybridized carbons (Fsp3) is 0.182. The fourth-order valence-corrected chi connectivity index (χ4v) is 2.37. The molecule has 0 aliphatic carbocycles. The van der Waals surface area contributed by atoms with Crippen LogP contribution in [0.15, 0.2) is 16.9 Å². The van der Waals surface area contributed by atoms with Gasteiger partial charge in [-0.05, 0) is 24.6 Å². The lowest BCUT2D eigenvalue weighted by Gasteiger charge is -2.07. The van der Waals surface area contributed by atoms with Crippen LogP contribution in [-0.2, 0) is 5.33 Å². The second-order valence-electron chi connectivity index (χ2n) is 3.48. The molecule has 1 heterocycles. The van der Waals surface area contributed by atoms with Crippen LogP contribution in [0.4, 0.5) is 8.78 Å². The summed E-state index contributed by atoms with van der Waals surface area (Å²) in [6.07, 6.45) is 0. The van der Waals surface area contributed by atoms with Gasteiger partial charge in [-0.3, -0.25) is 4.79 Å². The lowest BCUT2D eigenvalue weighted by atomic mass is 10.1. The zero-order valence-electron chi connectivity index (χ0n) is 8.40. The predicted molar refractivity (Wildman–Crippen MR) is 61.9 cm³/mol. The van der Waals surface area contributed by atoms with Gasteiger partial charge < -0.3 is 4.98 Å². The van der Waals surface area contributed by atoms with E-state index in [2.05, 4.69) is 20.9 Å². The maximum absolute atomic E-state index is 13.5. The molecule has 2 nitrogen and oxygen atoms in total. The first-order chi connectivity index (χ1) is 7.56. The lowest BCUT2D eigenvalue weighted by molar-refractivity contribution is 0.515. The molecule has 2 rings (SSSR count). The highest BCUT2D eigenvalue weighted by Gasteiger charge is 2.13. The number of benzene rings is 1. The smallest absolute Gasteiger partial charge is 0.251 e. The Morgan fingerprint density at radius 3 is 2.69 bits per heavy atom. The van der Waals surface area contributed by atoms with Crippen molar-refractivity contribution in [2.45, 2.75) is 12.3 Å². The molecule has 0 unspecified atom stereocenters. The topological polar surface area (TPSA) is 32.9 Å². The third-order valence-corrected chi connectivity index (χ3v) is 3.15. The summed E-state index contributed by atoms with van der Waals surface area (Å²) in [5.41, 5.74) is 0.713. The molecular weight excluding hydrogens is 280 g/mol. The zero-order chi connectivity index (χ0) is 11.9. The third kappa shape index (κ3) is 1.55. The average molecular weight is 288 g/mol. The summed E-state index contributed by atoms with van der Waals surface area (Å²) >= 11 is 3.24. The van der Waals surface area contributed by atoms with Crippen molar-refractivity contribution >= 4 is 26.8 Å². The van der Waals surface area contributed by atoms with Gasteiger partial charge in [-0.15, -0.1) is 0 Å². The molecule has 0 saturated carbocycles. The van der Waals surface area contributed by atoms with Gasteiger partial charge in [0.15, 0.2) is 11.6 Å². The van der Waals surface area contributed by atoms with E-state index in [1.807, 2.05) is 0 Å². The van der Waals surface area contributed by atoms with Crippen LogP contribution in [0, 0.1) is 18.6 Å². The number of halogens is 3. The molecule has 0 aliphatic heterocycles. The number of alkyl halides is 1. The number of nitrogens with one attached hydrogen (secondary N) is 1. The van der Waals surface area contributed by atoms with E-state index in [-0.39, 0.29) is 5.52 Å². The maximum Gasteiger partial charge on any atom is 0.251 e. The first kappa shape index (κ1) is 11.3. The number of pyridine rings is 1. The standard InChI is InChI=1S/C11H8BrF2NO/c1-5-7(4-12)6-2-3-8(13)9(14)10(6)15-11(5)16/h2-3H,4H2,1H3,(H,15,16). The van der Waals surface area contributed by atoms with Gasteiger partial charge in [0.25, 0.3) is 5.56 Å². The first-order valence-electron chi connectivity index (χ1n) is 4.61. The molecule has 0 fully saturated rings. The van der Waals surface area contributed by atoms with Crippen LogP contribution < -0.4 is 5.56 Å². The van der Waals surface area contributed by atoms with E-state index in [1.54, 1.807) is 6.92 Å². The molecule has 1 aromatic heterocycles. The molecule has 1 aromatic carbocycles. The summed E-state index contributed by atoms with van der Waals surface area (Å²) in [7, 11) is 0. The lowest BCUT2D eigenvalue weighted by Crippen LogP contribution is -2.13. The van der Waals surface area contributed by atoms with Crippen molar-refractivity contribution in [3.05, 3.63) is 45.2 Å². The van der Waals surface area contributed by atoms with Crippen LogP contribution in [0.25, 0.3) is 10.9 Å².